The maximum absolute atomic E-state index is 12.9. The van der Waals surface area contributed by atoms with Crippen LogP contribution >= 0.6 is 0 Å². The van der Waals surface area contributed by atoms with Crippen molar-refractivity contribution in [2.75, 3.05) is 19.6 Å². The van der Waals surface area contributed by atoms with Gasteiger partial charge in [0.1, 0.15) is 5.82 Å². The van der Waals surface area contributed by atoms with Gasteiger partial charge in [0.15, 0.2) is 0 Å². The zero-order valence-electron chi connectivity index (χ0n) is 12.0. The lowest BCUT2D eigenvalue weighted by Gasteiger charge is -2.26. The van der Waals surface area contributed by atoms with Gasteiger partial charge in [-0.2, -0.15) is 0 Å². The summed E-state index contributed by atoms with van der Waals surface area (Å²) >= 11 is 0. The molecule has 1 aromatic rings. The summed E-state index contributed by atoms with van der Waals surface area (Å²) in [5.74, 6) is -0.167. The predicted octanol–water partition coefficient (Wildman–Crippen LogP) is 2.84. The number of nitrogens with one attached hydrogen (secondary N) is 2. The summed E-state index contributed by atoms with van der Waals surface area (Å²) in [6.45, 7) is 7.53. The van der Waals surface area contributed by atoms with Crippen molar-refractivity contribution in [3.63, 3.8) is 0 Å². The second-order valence-corrected chi connectivity index (χ2v) is 6.15. The molecule has 1 fully saturated rings. The van der Waals surface area contributed by atoms with Crippen molar-refractivity contribution in [1.82, 2.24) is 10.6 Å². The molecule has 1 atom stereocenters. The topological polar surface area (TPSA) is 24.1 Å². The minimum Gasteiger partial charge on any atom is -0.316 e. The highest BCUT2D eigenvalue weighted by Gasteiger charge is 2.20. The quantitative estimate of drug-likeness (QED) is 0.772. The Morgan fingerprint density at radius 2 is 2.05 bits per heavy atom. The Bertz CT molecular complexity index is 380. The van der Waals surface area contributed by atoms with E-state index in [4.69, 9.17) is 0 Å². The summed E-state index contributed by atoms with van der Waals surface area (Å²) in [5, 5.41) is 7.04. The molecule has 0 radical (unpaired) electrons. The van der Waals surface area contributed by atoms with E-state index < -0.39 is 0 Å². The molecule has 0 spiro atoms. The van der Waals surface area contributed by atoms with E-state index in [1.165, 1.54) is 31.4 Å². The van der Waals surface area contributed by atoms with Crippen LogP contribution < -0.4 is 10.6 Å². The fraction of sp³-hybridized carbons (Fsp3) is 0.625. The third kappa shape index (κ3) is 4.29. The molecule has 1 heterocycles. The molecule has 106 valence electrons. The van der Waals surface area contributed by atoms with Gasteiger partial charge in [-0.1, -0.05) is 26.0 Å². The number of halogens is 1. The number of hydrogen-bond acceptors (Lipinski definition) is 2. The normalized spacial score (nSPS) is 19.8. The van der Waals surface area contributed by atoms with Gasteiger partial charge in [0.25, 0.3) is 0 Å². The molecule has 1 unspecified atom stereocenters. The second kappa shape index (κ2) is 6.49. The first-order valence-electron chi connectivity index (χ1n) is 7.28. The molecule has 1 aliphatic rings. The molecule has 2 N–H and O–H groups in total. The molecular formula is C16H25FN2. The van der Waals surface area contributed by atoms with E-state index in [2.05, 4.69) is 24.5 Å². The van der Waals surface area contributed by atoms with Crippen molar-refractivity contribution in [3.8, 4) is 0 Å². The van der Waals surface area contributed by atoms with Crippen molar-refractivity contribution in [2.45, 2.75) is 44.6 Å². The molecule has 3 heteroatoms. The molecule has 1 saturated heterocycles. The third-order valence-corrected chi connectivity index (χ3v) is 4.02. The van der Waals surface area contributed by atoms with E-state index in [0.717, 1.165) is 13.1 Å². The van der Waals surface area contributed by atoms with Gasteiger partial charge in [-0.3, -0.25) is 0 Å². The van der Waals surface area contributed by atoms with Crippen LogP contribution in [0.1, 0.15) is 38.7 Å². The first kappa shape index (κ1) is 14.5. The zero-order valence-corrected chi connectivity index (χ0v) is 12.0. The smallest absolute Gasteiger partial charge is 0.123 e. The van der Waals surface area contributed by atoms with Gasteiger partial charge in [-0.15, -0.1) is 0 Å². The summed E-state index contributed by atoms with van der Waals surface area (Å²) in [6.07, 6.45) is 3.81. The van der Waals surface area contributed by atoms with Crippen LogP contribution in [0.2, 0.25) is 0 Å². The van der Waals surface area contributed by atoms with E-state index >= 15 is 0 Å². The Labute approximate surface area is 115 Å². The fourth-order valence-electron chi connectivity index (χ4n) is 2.68. The molecule has 2 rings (SSSR count). The molecule has 1 aromatic carbocycles. The van der Waals surface area contributed by atoms with Gasteiger partial charge >= 0.3 is 0 Å². The average molecular weight is 264 g/mol. The lowest BCUT2D eigenvalue weighted by Crippen LogP contribution is -2.35. The molecule has 2 nitrogen and oxygen atoms in total. The summed E-state index contributed by atoms with van der Waals surface area (Å²) in [5.41, 5.74) is 1.22. The fourth-order valence-corrected chi connectivity index (χ4v) is 2.68. The largest absolute Gasteiger partial charge is 0.316 e. The highest BCUT2D eigenvalue weighted by atomic mass is 19.1. The molecule has 1 aliphatic heterocycles. The maximum atomic E-state index is 12.9. The second-order valence-electron chi connectivity index (χ2n) is 6.15. The lowest BCUT2D eigenvalue weighted by atomic mass is 9.84. The number of rotatable bonds is 6. The molecule has 0 saturated carbocycles. The van der Waals surface area contributed by atoms with Gasteiger partial charge in [-0.25, -0.2) is 4.39 Å². The predicted molar refractivity (Wildman–Crippen MR) is 77.9 cm³/mol. The Kier molecular flexibility index (Phi) is 4.94. The minimum atomic E-state index is -0.167. The molecule has 0 aliphatic carbocycles. The van der Waals surface area contributed by atoms with E-state index in [0.29, 0.717) is 6.04 Å². The van der Waals surface area contributed by atoms with Crippen LogP contribution in [0.3, 0.4) is 0 Å². The van der Waals surface area contributed by atoms with Crippen LogP contribution in [0.4, 0.5) is 4.39 Å². The van der Waals surface area contributed by atoms with E-state index in [9.17, 15) is 4.39 Å². The summed E-state index contributed by atoms with van der Waals surface area (Å²) in [7, 11) is 0. The van der Waals surface area contributed by atoms with Crippen LogP contribution in [0.5, 0.6) is 0 Å². The third-order valence-electron chi connectivity index (χ3n) is 4.02. The minimum absolute atomic E-state index is 0.0385. The van der Waals surface area contributed by atoms with Crippen molar-refractivity contribution in [2.24, 2.45) is 0 Å². The first-order valence-corrected chi connectivity index (χ1v) is 7.28. The van der Waals surface area contributed by atoms with E-state index in [1.54, 1.807) is 12.1 Å². The van der Waals surface area contributed by atoms with Gasteiger partial charge in [-0.05, 0) is 50.0 Å². The number of hydrogen-bond donors (Lipinski definition) is 2. The van der Waals surface area contributed by atoms with Crippen molar-refractivity contribution in [1.29, 1.82) is 0 Å². The van der Waals surface area contributed by atoms with Gasteiger partial charge < -0.3 is 10.6 Å². The van der Waals surface area contributed by atoms with Crippen LogP contribution in [-0.4, -0.2) is 25.7 Å². The van der Waals surface area contributed by atoms with Gasteiger partial charge in [0, 0.05) is 18.0 Å². The highest BCUT2D eigenvalue weighted by Crippen LogP contribution is 2.22. The van der Waals surface area contributed by atoms with Crippen LogP contribution in [0.25, 0.3) is 0 Å². The monoisotopic (exact) mass is 264 g/mol. The summed E-state index contributed by atoms with van der Waals surface area (Å²) in [6, 6.07) is 7.55. The molecule has 0 bridgehead atoms. The SMILES string of the molecule is CC(C)(CNCCC1CCCN1)c1ccc(F)cc1. The standard InChI is InChI=1S/C16H25FN2/c1-16(2,13-5-7-14(17)8-6-13)12-18-11-9-15-4-3-10-19-15/h5-8,15,18-19H,3-4,9-12H2,1-2H3. The Balaban J connectivity index is 1.75. The Morgan fingerprint density at radius 1 is 1.32 bits per heavy atom. The van der Waals surface area contributed by atoms with E-state index in [-0.39, 0.29) is 11.2 Å². The number of benzene rings is 1. The highest BCUT2D eigenvalue weighted by molar-refractivity contribution is 5.24. The lowest BCUT2D eigenvalue weighted by molar-refractivity contribution is 0.446. The van der Waals surface area contributed by atoms with Gasteiger partial charge in [0.05, 0.1) is 0 Å². The zero-order chi connectivity index (χ0) is 13.7. The molecule has 0 amide bonds. The first-order chi connectivity index (χ1) is 9.08. The van der Waals surface area contributed by atoms with Crippen LogP contribution in [-0.2, 0) is 5.41 Å². The summed E-state index contributed by atoms with van der Waals surface area (Å²) < 4.78 is 12.9. The van der Waals surface area contributed by atoms with Crippen molar-refractivity contribution in [3.05, 3.63) is 35.6 Å². The van der Waals surface area contributed by atoms with Gasteiger partial charge in [0.2, 0.25) is 0 Å². The Hall–Kier alpha value is -0.930. The molecular weight excluding hydrogens is 239 g/mol. The molecule has 19 heavy (non-hydrogen) atoms. The average Bonchev–Trinajstić information content (AvgIpc) is 2.88. The molecule has 0 aromatic heterocycles. The van der Waals surface area contributed by atoms with E-state index in [1.807, 2.05) is 12.1 Å². The Morgan fingerprint density at radius 3 is 2.68 bits per heavy atom. The van der Waals surface area contributed by atoms with Crippen molar-refractivity contribution >= 4 is 0 Å². The van der Waals surface area contributed by atoms with Crippen molar-refractivity contribution < 1.29 is 4.39 Å². The van der Waals surface area contributed by atoms with Crippen LogP contribution in [0.15, 0.2) is 24.3 Å². The maximum Gasteiger partial charge on any atom is 0.123 e. The summed E-state index contributed by atoms with van der Waals surface area (Å²) in [4.78, 5) is 0. The van der Waals surface area contributed by atoms with Crippen LogP contribution in [0, 0.1) is 5.82 Å².